The van der Waals surface area contributed by atoms with Crippen molar-refractivity contribution < 1.29 is 14.3 Å². The number of likely N-dealkylation sites (tertiary alicyclic amines) is 1. The Hall–Kier alpha value is -0.900. The topological polar surface area (TPSA) is 46.6 Å². The number of Topliss-reactive ketones (excluding diaryl/α,β-unsaturated/α-hetero) is 1. The molecule has 1 rings (SSSR count). The van der Waals surface area contributed by atoms with Crippen LogP contribution >= 0.6 is 0 Å². The minimum Gasteiger partial charge on any atom is -0.468 e. The Kier molecular flexibility index (Phi) is 3.22. The highest BCUT2D eigenvalue weighted by molar-refractivity contribution is 5.82. The standard InChI is InChI=1S/C8H13NO3/c1-12-8(11)6-9-4-2-3-7(10)5-9/h2-6H2,1H3. The van der Waals surface area contributed by atoms with Gasteiger partial charge in [0, 0.05) is 6.42 Å². The van der Waals surface area contributed by atoms with Gasteiger partial charge in [-0.2, -0.15) is 0 Å². The highest BCUT2D eigenvalue weighted by Crippen LogP contribution is 2.04. The van der Waals surface area contributed by atoms with Gasteiger partial charge >= 0.3 is 5.97 Å². The number of carbonyl (C=O) groups is 2. The largest absolute Gasteiger partial charge is 0.468 e. The molecule has 0 aromatic carbocycles. The van der Waals surface area contributed by atoms with E-state index in [1.807, 2.05) is 4.90 Å². The van der Waals surface area contributed by atoms with Gasteiger partial charge in [0.15, 0.2) is 0 Å². The van der Waals surface area contributed by atoms with Gasteiger partial charge in [-0.1, -0.05) is 0 Å². The number of methoxy groups -OCH3 is 1. The summed E-state index contributed by atoms with van der Waals surface area (Å²) in [7, 11) is 1.36. The number of piperidine rings is 1. The van der Waals surface area contributed by atoms with Crippen LogP contribution in [0.5, 0.6) is 0 Å². The molecular weight excluding hydrogens is 158 g/mol. The quantitative estimate of drug-likeness (QED) is 0.541. The lowest BCUT2D eigenvalue weighted by Gasteiger charge is -2.23. The van der Waals surface area contributed by atoms with E-state index in [9.17, 15) is 9.59 Å². The molecule has 0 N–H and O–H groups in total. The fourth-order valence-corrected chi connectivity index (χ4v) is 1.29. The number of hydrogen-bond acceptors (Lipinski definition) is 4. The van der Waals surface area contributed by atoms with Gasteiger partial charge < -0.3 is 4.74 Å². The maximum absolute atomic E-state index is 10.9. The van der Waals surface area contributed by atoms with E-state index in [0.29, 0.717) is 13.0 Å². The smallest absolute Gasteiger partial charge is 0.319 e. The van der Waals surface area contributed by atoms with Crippen molar-refractivity contribution in [3.63, 3.8) is 0 Å². The van der Waals surface area contributed by atoms with Crippen LogP contribution in [0.4, 0.5) is 0 Å². The minimum absolute atomic E-state index is 0.213. The van der Waals surface area contributed by atoms with Crippen molar-refractivity contribution in [3.8, 4) is 0 Å². The zero-order chi connectivity index (χ0) is 8.97. The second-order valence-corrected chi connectivity index (χ2v) is 2.93. The summed E-state index contributed by atoms with van der Waals surface area (Å²) in [6, 6.07) is 0. The normalized spacial score (nSPS) is 19.2. The third kappa shape index (κ3) is 2.62. The van der Waals surface area contributed by atoms with E-state index in [0.717, 1.165) is 13.0 Å². The zero-order valence-electron chi connectivity index (χ0n) is 7.21. The van der Waals surface area contributed by atoms with E-state index in [-0.39, 0.29) is 18.3 Å². The van der Waals surface area contributed by atoms with Crippen LogP contribution in [0.15, 0.2) is 0 Å². The predicted molar refractivity (Wildman–Crippen MR) is 42.7 cm³/mol. The van der Waals surface area contributed by atoms with E-state index in [4.69, 9.17) is 0 Å². The van der Waals surface area contributed by atoms with Gasteiger partial charge in [0.1, 0.15) is 5.78 Å². The number of ketones is 1. The first kappa shape index (κ1) is 9.19. The summed E-state index contributed by atoms with van der Waals surface area (Å²) in [5.74, 6) is -0.0603. The summed E-state index contributed by atoms with van der Waals surface area (Å²) in [4.78, 5) is 23.6. The van der Waals surface area contributed by atoms with Crippen LogP contribution < -0.4 is 0 Å². The van der Waals surface area contributed by atoms with Crippen LogP contribution in [0.3, 0.4) is 0 Å². The average Bonchev–Trinajstić information content (AvgIpc) is 2.04. The molecule has 0 unspecified atom stereocenters. The Labute approximate surface area is 71.5 Å². The first-order valence-electron chi connectivity index (χ1n) is 4.03. The maximum Gasteiger partial charge on any atom is 0.319 e. The number of rotatable bonds is 2. The van der Waals surface area contributed by atoms with Crippen molar-refractivity contribution in [2.75, 3.05) is 26.7 Å². The molecule has 1 aliphatic rings. The molecule has 1 saturated heterocycles. The van der Waals surface area contributed by atoms with Crippen LogP contribution in [-0.2, 0) is 14.3 Å². The molecule has 1 heterocycles. The van der Waals surface area contributed by atoms with Gasteiger partial charge in [0.05, 0.1) is 20.2 Å². The van der Waals surface area contributed by atoms with Crippen molar-refractivity contribution in [3.05, 3.63) is 0 Å². The van der Waals surface area contributed by atoms with Crippen molar-refractivity contribution in [2.24, 2.45) is 0 Å². The SMILES string of the molecule is COC(=O)CN1CCCC(=O)C1. The number of nitrogens with zero attached hydrogens (tertiary/aromatic N) is 1. The summed E-state index contributed by atoms with van der Waals surface area (Å²) < 4.78 is 4.50. The van der Waals surface area contributed by atoms with E-state index in [1.165, 1.54) is 7.11 Å². The number of carbonyl (C=O) groups excluding carboxylic acids is 2. The zero-order valence-corrected chi connectivity index (χ0v) is 7.21. The number of esters is 1. The molecule has 1 aliphatic heterocycles. The van der Waals surface area contributed by atoms with Gasteiger partial charge in [0.25, 0.3) is 0 Å². The van der Waals surface area contributed by atoms with Crippen LogP contribution in [-0.4, -0.2) is 43.4 Å². The monoisotopic (exact) mass is 171 g/mol. The Bertz CT molecular complexity index is 191. The van der Waals surface area contributed by atoms with E-state index in [2.05, 4.69) is 4.74 Å². The molecule has 0 bridgehead atoms. The highest BCUT2D eigenvalue weighted by Gasteiger charge is 2.18. The molecule has 0 aromatic rings. The Balaban J connectivity index is 2.32. The molecule has 0 aliphatic carbocycles. The van der Waals surface area contributed by atoms with Crippen LogP contribution in [0.2, 0.25) is 0 Å². The van der Waals surface area contributed by atoms with E-state index in [1.54, 1.807) is 0 Å². The van der Waals surface area contributed by atoms with E-state index >= 15 is 0 Å². The second kappa shape index (κ2) is 4.21. The van der Waals surface area contributed by atoms with Gasteiger partial charge in [-0.15, -0.1) is 0 Å². The molecule has 0 radical (unpaired) electrons. The molecule has 0 saturated carbocycles. The van der Waals surface area contributed by atoms with Crippen molar-refractivity contribution in [1.82, 2.24) is 4.90 Å². The van der Waals surface area contributed by atoms with Crippen molar-refractivity contribution >= 4 is 11.8 Å². The second-order valence-electron chi connectivity index (χ2n) is 2.93. The molecule has 0 amide bonds. The fourth-order valence-electron chi connectivity index (χ4n) is 1.29. The summed E-state index contributed by atoms with van der Waals surface area (Å²) in [5.41, 5.74) is 0. The van der Waals surface area contributed by atoms with E-state index < -0.39 is 0 Å². The molecule has 0 atom stereocenters. The molecule has 12 heavy (non-hydrogen) atoms. The summed E-state index contributed by atoms with van der Waals surface area (Å²) in [5, 5.41) is 0. The minimum atomic E-state index is -0.273. The number of hydrogen-bond donors (Lipinski definition) is 0. The predicted octanol–water partition coefficient (Wildman–Crippen LogP) is -0.176. The molecule has 68 valence electrons. The number of ether oxygens (including phenoxy) is 1. The maximum atomic E-state index is 10.9. The highest BCUT2D eigenvalue weighted by atomic mass is 16.5. The lowest BCUT2D eigenvalue weighted by Crippen LogP contribution is -2.39. The third-order valence-electron chi connectivity index (χ3n) is 1.91. The molecule has 0 spiro atoms. The van der Waals surface area contributed by atoms with Crippen molar-refractivity contribution in [2.45, 2.75) is 12.8 Å². The van der Waals surface area contributed by atoms with Crippen LogP contribution in [0.25, 0.3) is 0 Å². The summed E-state index contributed by atoms with van der Waals surface area (Å²) in [6.07, 6.45) is 1.51. The molecule has 4 heteroatoms. The lowest BCUT2D eigenvalue weighted by molar-refractivity contribution is -0.142. The van der Waals surface area contributed by atoms with Crippen LogP contribution in [0, 0.1) is 0 Å². The average molecular weight is 171 g/mol. The first-order chi connectivity index (χ1) is 5.72. The Morgan fingerprint density at radius 3 is 3.00 bits per heavy atom. The van der Waals surface area contributed by atoms with Gasteiger partial charge in [-0.25, -0.2) is 0 Å². The van der Waals surface area contributed by atoms with Gasteiger partial charge in [0.2, 0.25) is 0 Å². The molecule has 4 nitrogen and oxygen atoms in total. The Morgan fingerprint density at radius 2 is 2.42 bits per heavy atom. The molecular formula is C8H13NO3. The van der Waals surface area contributed by atoms with Crippen molar-refractivity contribution in [1.29, 1.82) is 0 Å². The lowest BCUT2D eigenvalue weighted by atomic mass is 10.1. The summed E-state index contributed by atoms with van der Waals surface area (Å²) in [6.45, 7) is 1.46. The Morgan fingerprint density at radius 1 is 1.67 bits per heavy atom. The van der Waals surface area contributed by atoms with Gasteiger partial charge in [-0.3, -0.25) is 14.5 Å². The van der Waals surface area contributed by atoms with Crippen LogP contribution in [0.1, 0.15) is 12.8 Å². The first-order valence-corrected chi connectivity index (χ1v) is 4.03. The van der Waals surface area contributed by atoms with Gasteiger partial charge in [-0.05, 0) is 13.0 Å². The summed E-state index contributed by atoms with van der Waals surface area (Å²) >= 11 is 0. The molecule has 0 aromatic heterocycles. The molecule has 1 fully saturated rings. The third-order valence-corrected chi connectivity index (χ3v) is 1.91. The fraction of sp³-hybridized carbons (Fsp3) is 0.750.